The fourth-order valence-electron chi connectivity index (χ4n) is 0.878. The summed E-state index contributed by atoms with van der Waals surface area (Å²) in [5, 5.41) is 3.48. The third-order valence-corrected chi connectivity index (χ3v) is 2.02. The van der Waals surface area contributed by atoms with Gasteiger partial charge in [0.1, 0.15) is 0 Å². The zero-order valence-electron chi connectivity index (χ0n) is 7.18. The molecule has 76 valence electrons. The van der Waals surface area contributed by atoms with Gasteiger partial charge in [0.05, 0.1) is 17.3 Å². The van der Waals surface area contributed by atoms with Gasteiger partial charge in [-0.25, -0.2) is 0 Å². The van der Waals surface area contributed by atoms with Crippen molar-refractivity contribution >= 4 is 34.8 Å². The number of hydrazine groups is 1. The second kappa shape index (κ2) is 5.17. The molecule has 1 aromatic carbocycles. The van der Waals surface area contributed by atoms with E-state index in [4.69, 9.17) is 29.0 Å². The molecule has 0 radical (unpaired) electrons. The van der Waals surface area contributed by atoms with Crippen LogP contribution in [0.2, 0.25) is 10.0 Å². The van der Waals surface area contributed by atoms with Crippen LogP contribution < -0.4 is 16.6 Å². The summed E-state index contributed by atoms with van der Waals surface area (Å²) in [4.78, 5) is 11.1. The summed E-state index contributed by atoms with van der Waals surface area (Å²) >= 11 is 11.5. The van der Waals surface area contributed by atoms with E-state index in [-0.39, 0.29) is 12.5 Å². The molecule has 0 saturated carbocycles. The Morgan fingerprint density at radius 3 is 2.71 bits per heavy atom. The van der Waals surface area contributed by atoms with E-state index < -0.39 is 0 Å². The van der Waals surface area contributed by atoms with Crippen molar-refractivity contribution in [3.8, 4) is 0 Å². The van der Waals surface area contributed by atoms with Crippen molar-refractivity contribution in [1.29, 1.82) is 0 Å². The first-order valence-corrected chi connectivity index (χ1v) is 4.57. The maximum Gasteiger partial charge on any atom is 0.239 e. The first kappa shape index (κ1) is 11.3. The highest BCUT2D eigenvalue weighted by Gasteiger charge is 2.04. The van der Waals surface area contributed by atoms with Crippen LogP contribution in [0.5, 0.6) is 0 Å². The lowest BCUT2D eigenvalue weighted by Crippen LogP contribution is -2.32. The molecular weight excluding hydrogens is 225 g/mol. The molecule has 4 nitrogen and oxygen atoms in total. The molecule has 1 rings (SSSR count). The average molecular weight is 234 g/mol. The number of rotatable bonds is 3. The Labute approximate surface area is 91.3 Å². The summed E-state index contributed by atoms with van der Waals surface area (Å²) in [5.41, 5.74) is 2.75. The van der Waals surface area contributed by atoms with Gasteiger partial charge in [0, 0.05) is 5.02 Å². The second-order valence-electron chi connectivity index (χ2n) is 2.55. The van der Waals surface area contributed by atoms with Crippen molar-refractivity contribution < 1.29 is 4.79 Å². The standard InChI is InChI=1S/C8H9Cl2N3O/c9-5-1-2-7(6(10)3-5)13-8(14)4-12-11/h1-3,12H,4,11H2,(H,13,14). The molecular formula is C8H9Cl2N3O. The molecule has 14 heavy (non-hydrogen) atoms. The maximum absolute atomic E-state index is 11.1. The lowest BCUT2D eigenvalue weighted by Gasteiger charge is -2.06. The minimum absolute atomic E-state index is 0.0267. The van der Waals surface area contributed by atoms with Crippen molar-refractivity contribution in [2.24, 2.45) is 5.84 Å². The average Bonchev–Trinajstić information content (AvgIpc) is 2.10. The molecule has 4 N–H and O–H groups in total. The smallest absolute Gasteiger partial charge is 0.239 e. The lowest BCUT2D eigenvalue weighted by molar-refractivity contribution is -0.115. The molecule has 0 bridgehead atoms. The lowest BCUT2D eigenvalue weighted by atomic mass is 10.3. The largest absolute Gasteiger partial charge is 0.324 e. The zero-order chi connectivity index (χ0) is 10.6. The van der Waals surface area contributed by atoms with Gasteiger partial charge in [0.15, 0.2) is 0 Å². The van der Waals surface area contributed by atoms with Crippen LogP contribution in [0.3, 0.4) is 0 Å². The highest BCUT2D eigenvalue weighted by Crippen LogP contribution is 2.24. The van der Waals surface area contributed by atoms with Crippen molar-refractivity contribution in [1.82, 2.24) is 5.43 Å². The summed E-state index contributed by atoms with van der Waals surface area (Å²) in [6.45, 7) is 0.0267. The molecule has 0 aliphatic heterocycles. The molecule has 0 atom stereocenters. The predicted molar refractivity (Wildman–Crippen MR) is 57.3 cm³/mol. The van der Waals surface area contributed by atoms with Gasteiger partial charge in [-0.2, -0.15) is 0 Å². The highest BCUT2D eigenvalue weighted by molar-refractivity contribution is 6.36. The Hall–Kier alpha value is -0.810. The first-order valence-electron chi connectivity index (χ1n) is 3.82. The molecule has 6 heteroatoms. The van der Waals surface area contributed by atoms with Crippen LogP contribution in [0, 0.1) is 0 Å². The number of amides is 1. The molecule has 0 unspecified atom stereocenters. The number of anilines is 1. The molecule has 0 aliphatic carbocycles. The van der Waals surface area contributed by atoms with E-state index in [1.54, 1.807) is 18.2 Å². The number of benzene rings is 1. The topological polar surface area (TPSA) is 67.1 Å². The van der Waals surface area contributed by atoms with E-state index >= 15 is 0 Å². The van der Waals surface area contributed by atoms with Crippen LogP contribution in [-0.2, 0) is 4.79 Å². The predicted octanol–water partition coefficient (Wildman–Crippen LogP) is 1.40. The Morgan fingerprint density at radius 2 is 2.14 bits per heavy atom. The number of halogens is 2. The third-order valence-electron chi connectivity index (χ3n) is 1.47. The minimum atomic E-state index is -0.267. The molecule has 1 amide bonds. The monoisotopic (exact) mass is 233 g/mol. The van der Waals surface area contributed by atoms with E-state index in [9.17, 15) is 4.79 Å². The van der Waals surface area contributed by atoms with Gasteiger partial charge in [-0.05, 0) is 18.2 Å². The van der Waals surface area contributed by atoms with Gasteiger partial charge < -0.3 is 5.32 Å². The maximum atomic E-state index is 11.1. The van der Waals surface area contributed by atoms with Gasteiger partial charge in [0.25, 0.3) is 0 Å². The molecule has 0 spiro atoms. The Kier molecular flexibility index (Phi) is 4.16. The number of nitrogens with two attached hydrogens (primary N) is 1. The van der Waals surface area contributed by atoms with E-state index in [1.165, 1.54) is 0 Å². The van der Waals surface area contributed by atoms with Gasteiger partial charge in [0.2, 0.25) is 5.91 Å². The van der Waals surface area contributed by atoms with Crippen LogP contribution in [0.1, 0.15) is 0 Å². The summed E-state index contributed by atoms with van der Waals surface area (Å²) in [6.07, 6.45) is 0. The van der Waals surface area contributed by atoms with Crippen LogP contribution in [0.4, 0.5) is 5.69 Å². The number of carbonyl (C=O) groups is 1. The number of nitrogens with one attached hydrogen (secondary N) is 2. The van der Waals surface area contributed by atoms with Crippen molar-refractivity contribution in [2.45, 2.75) is 0 Å². The van der Waals surface area contributed by atoms with Crippen molar-refractivity contribution in [3.05, 3.63) is 28.2 Å². The van der Waals surface area contributed by atoms with Gasteiger partial charge in [-0.1, -0.05) is 23.2 Å². The Morgan fingerprint density at radius 1 is 1.43 bits per heavy atom. The van der Waals surface area contributed by atoms with Crippen LogP contribution in [-0.4, -0.2) is 12.5 Å². The van der Waals surface area contributed by atoms with Gasteiger partial charge in [-0.3, -0.25) is 16.1 Å². The molecule has 0 aliphatic rings. The zero-order valence-corrected chi connectivity index (χ0v) is 8.69. The minimum Gasteiger partial charge on any atom is -0.324 e. The van der Waals surface area contributed by atoms with Gasteiger partial charge >= 0.3 is 0 Å². The van der Waals surface area contributed by atoms with Crippen LogP contribution in [0.15, 0.2) is 18.2 Å². The molecule has 0 aromatic heterocycles. The fraction of sp³-hybridized carbons (Fsp3) is 0.125. The number of hydrogen-bond donors (Lipinski definition) is 3. The van der Waals surface area contributed by atoms with E-state index in [1.807, 2.05) is 0 Å². The van der Waals surface area contributed by atoms with E-state index in [0.717, 1.165) is 0 Å². The molecule has 0 fully saturated rings. The summed E-state index contributed by atoms with van der Waals surface area (Å²) in [6, 6.07) is 4.81. The Balaban J connectivity index is 2.72. The Bertz CT molecular complexity index is 343. The molecule has 0 heterocycles. The number of carbonyl (C=O) groups excluding carboxylic acids is 1. The SMILES string of the molecule is NNCC(=O)Nc1ccc(Cl)cc1Cl. The van der Waals surface area contributed by atoms with Crippen molar-refractivity contribution in [2.75, 3.05) is 11.9 Å². The third kappa shape index (κ3) is 3.16. The first-order chi connectivity index (χ1) is 6.63. The van der Waals surface area contributed by atoms with Gasteiger partial charge in [-0.15, -0.1) is 0 Å². The summed E-state index contributed by atoms with van der Waals surface area (Å²) in [7, 11) is 0. The van der Waals surface area contributed by atoms with E-state index in [2.05, 4.69) is 10.7 Å². The highest BCUT2D eigenvalue weighted by atomic mass is 35.5. The number of hydrogen-bond acceptors (Lipinski definition) is 3. The molecule has 1 aromatic rings. The van der Waals surface area contributed by atoms with Crippen molar-refractivity contribution in [3.63, 3.8) is 0 Å². The fourth-order valence-corrected chi connectivity index (χ4v) is 1.33. The molecule has 0 saturated heterocycles. The normalized spacial score (nSPS) is 9.93. The van der Waals surface area contributed by atoms with Crippen LogP contribution >= 0.6 is 23.2 Å². The van der Waals surface area contributed by atoms with E-state index in [0.29, 0.717) is 15.7 Å². The van der Waals surface area contributed by atoms with Crippen LogP contribution in [0.25, 0.3) is 0 Å². The summed E-state index contributed by atoms with van der Waals surface area (Å²) in [5.74, 6) is 4.71. The second-order valence-corrected chi connectivity index (χ2v) is 3.40. The summed E-state index contributed by atoms with van der Waals surface area (Å²) < 4.78 is 0. The quantitative estimate of drug-likeness (QED) is 0.547.